The molecule has 1 aromatic heterocycles. The molecule has 1 saturated heterocycles. The average Bonchev–Trinajstić information content (AvgIpc) is 3.18. The van der Waals surface area contributed by atoms with Crippen molar-refractivity contribution in [1.29, 1.82) is 0 Å². The van der Waals surface area contributed by atoms with E-state index < -0.39 is 16.5 Å². The lowest BCUT2D eigenvalue weighted by atomic mass is 10.0. The van der Waals surface area contributed by atoms with Crippen LogP contribution in [0.1, 0.15) is 22.5 Å². The highest BCUT2D eigenvalue weighted by atomic mass is 35.5. The first-order valence-corrected chi connectivity index (χ1v) is 11.6. The van der Waals surface area contributed by atoms with Crippen LogP contribution in [0.3, 0.4) is 0 Å². The van der Waals surface area contributed by atoms with Gasteiger partial charge in [0.25, 0.3) is 5.91 Å². The van der Waals surface area contributed by atoms with Crippen LogP contribution in [-0.2, 0) is 13.1 Å². The zero-order valence-corrected chi connectivity index (χ0v) is 17.2. The number of nitrogens with one attached hydrogen (secondary N) is 1. The van der Waals surface area contributed by atoms with E-state index in [9.17, 15) is 18.7 Å². The summed E-state index contributed by atoms with van der Waals surface area (Å²) in [6, 6.07) is 8.76. The number of fused-ring (bicyclic) bond motifs is 1. The Hall–Kier alpha value is -2.20. The van der Waals surface area contributed by atoms with Gasteiger partial charge in [-0.2, -0.15) is 10.6 Å². The molecule has 4 rings (SSSR count). The molecule has 0 bridgehead atoms. The van der Waals surface area contributed by atoms with Gasteiger partial charge in [0.15, 0.2) is 0 Å². The van der Waals surface area contributed by atoms with Crippen molar-refractivity contribution in [3.63, 3.8) is 0 Å². The fourth-order valence-corrected chi connectivity index (χ4v) is 6.13. The standard InChI is InChI=1S/C19H23ClN4O4S/c20-17-15(12-4-2-1-3-5-12)16(18(21)25)14-10-23(7-8-24(14)17)19(26)22-13-6-9-29(27,28)11-13/h1-5,13,27-28H,6-11H2,(H2,21,25)(H,22,26). The van der Waals surface area contributed by atoms with Crippen LogP contribution in [0.5, 0.6) is 0 Å². The molecule has 10 heteroatoms. The van der Waals surface area contributed by atoms with Crippen molar-refractivity contribution >= 4 is 34.1 Å². The minimum atomic E-state index is -2.59. The molecule has 1 atom stereocenters. The number of urea groups is 1. The zero-order chi connectivity index (χ0) is 20.8. The number of nitrogens with zero attached hydrogens (tertiary/aromatic N) is 2. The first kappa shape index (κ1) is 20.1. The normalized spacial score (nSPS) is 21.5. The van der Waals surface area contributed by atoms with Crippen LogP contribution < -0.4 is 11.1 Å². The molecule has 1 fully saturated rings. The third-order valence-electron chi connectivity index (χ3n) is 5.43. The summed E-state index contributed by atoms with van der Waals surface area (Å²) < 4.78 is 21.4. The van der Waals surface area contributed by atoms with Crippen molar-refractivity contribution in [2.24, 2.45) is 5.73 Å². The van der Waals surface area contributed by atoms with E-state index in [0.29, 0.717) is 47.2 Å². The van der Waals surface area contributed by atoms with Crippen LogP contribution in [0, 0.1) is 0 Å². The third kappa shape index (κ3) is 3.83. The number of primary amides is 1. The number of halogens is 1. The fourth-order valence-electron chi connectivity index (χ4n) is 4.02. The van der Waals surface area contributed by atoms with E-state index in [-0.39, 0.29) is 24.4 Å². The van der Waals surface area contributed by atoms with Gasteiger partial charge in [-0.05, 0) is 12.0 Å². The lowest BCUT2D eigenvalue weighted by Crippen LogP contribution is -2.48. The average molecular weight is 439 g/mol. The number of hydrogen-bond acceptors (Lipinski definition) is 4. The number of nitrogens with two attached hydrogens (primary N) is 1. The van der Waals surface area contributed by atoms with Gasteiger partial charge in [0.2, 0.25) is 0 Å². The molecule has 1 aromatic carbocycles. The Labute approximate surface area is 175 Å². The summed E-state index contributed by atoms with van der Waals surface area (Å²) in [5.41, 5.74) is 8.00. The lowest BCUT2D eigenvalue weighted by molar-refractivity contribution is 0.0997. The minimum absolute atomic E-state index is 0.180. The smallest absolute Gasteiger partial charge is 0.318 e. The highest BCUT2D eigenvalue weighted by Crippen LogP contribution is 2.45. The predicted molar refractivity (Wildman–Crippen MR) is 113 cm³/mol. The van der Waals surface area contributed by atoms with Gasteiger partial charge in [-0.1, -0.05) is 41.9 Å². The Morgan fingerprint density at radius 1 is 1.21 bits per heavy atom. The summed E-state index contributed by atoms with van der Waals surface area (Å²) in [5.74, 6) is -0.103. The van der Waals surface area contributed by atoms with Gasteiger partial charge in [0.1, 0.15) is 5.15 Å². The van der Waals surface area contributed by atoms with Crippen LogP contribution in [0.15, 0.2) is 30.3 Å². The molecule has 0 spiro atoms. The van der Waals surface area contributed by atoms with Crippen molar-refractivity contribution < 1.29 is 18.7 Å². The van der Waals surface area contributed by atoms with Gasteiger partial charge in [0, 0.05) is 30.4 Å². The van der Waals surface area contributed by atoms with E-state index in [2.05, 4.69) is 5.32 Å². The molecule has 156 valence electrons. The largest absolute Gasteiger partial charge is 0.366 e. The molecular formula is C19H23ClN4O4S. The molecule has 3 heterocycles. The van der Waals surface area contributed by atoms with Crippen LogP contribution in [0.25, 0.3) is 11.1 Å². The van der Waals surface area contributed by atoms with E-state index in [1.54, 1.807) is 4.90 Å². The summed E-state index contributed by atoms with van der Waals surface area (Å²) in [4.78, 5) is 26.6. The molecule has 3 amide bonds. The van der Waals surface area contributed by atoms with Crippen molar-refractivity contribution in [3.05, 3.63) is 46.7 Å². The number of carbonyl (C=O) groups excluding carboxylic acids is 2. The number of hydrogen-bond donors (Lipinski definition) is 4. The van der Waals surface area contributed by atoms with Crippen LogP contribution in [-0.4, -0.2) is 54.6 Å². The van der Waals surface area contributed by atoms with Crippen molar-refractivity contribution in [1.82, 2.24) is 14.8 Å². The predicted octanol–water partition coefficient (Wildman–Crippen LogP) is 2.96. The Balaban J connectivity index is 1.61. The number of carbonyl (C=O) groups is 2. The van der Waals surface area contributed by atoms with Gasteiger partial charge >= 0.3 is 6.03 Å². The summed E-state index contributed by atoms with van der Waals surface area (Å²) >= 11 is 6.61. The second kappa shape index (κ2) is 7.56. The summed E-state index contributed by atoms with van der Waals surface area (Å²) in [5, 5.41) is 3.30. The summed E-state index contributed by atoms with van der Waals surface area (Å²) in [7, 11) is -2.59. The zero-order valence-electron chi connectivity index (χ0n) is 15.7. The molecule has 8 nitrogen and oxygen atoms in total. The molecule has 0 radical (unpaired) electrons. The van der Waals surface area contributed by atoms with E-state index in [4.69, 9.17) is 17.3 Å². The molecule has 2 aliphatic heterocycles. The van der Waals surface area contributed by atoms with E-state index in [1.807, 2.05) is 34.9 Å². The monoisotopic (exact) mass is 438 g/mol. The highest BCUT2D eigenvalue weighted by molar-refractivity contribution is 8.24. The van der Waals surface area contributed by atoms with E-state index >= 15 is 0 Å². The van der Waals surface area contributed by atoms with Crippen LogP contribution in [0.2, 0.25) is 5.15 Å². The van der Waals surface area contributed by atoms with Gasteiger partial charge in [-0.3, -0.25) is 13.9 Å². The van der Waals surface area contributed by atoms with E-state index in [1.165, 1.54) is 0 Å². The SMILES string of the molecule is NC(=O)c1c(-c2ccccc2)c(Cl)n2c1CN(C(=O)NC1CCS(O)(O)C1)CC2. The van der Waals surface area contributed by atoms with Crippen molar-refractivity contribution in [2.45, 2.75) is 25.6 Å². The van der Waals surface area contributed by atoms with Gasteiger partial charge in [-0.15, -0.1) is 0 Å². The topological polar surface area (TPSA) is 121 Å². The summed E-state index contributed by atoms with van der Waals surface area (Å²) in [6.07, 6.45) is 0.537. The van der Waals surface area contributed by atoms with Crippen LogP contribution >= 0.6 is 22.2 Å². The summed E-state index contributed by atoms with van der Waals surface area (Å²) in [6.45, 7) is 1.05. The van der Waals surface area contributed by atoms with Gasteiger partial charge in [-0.25, -0.2) is 4.79 Å². The number of rotatable bonds is 3. The fraction of sp³-hybridized carbons (Fsp3) is 0.368. The molecule has 2 aromatic rings. The Kier molecular flexibility index (Phi) is 5.24. The molecule has 2 aliphatic rings. The maximum atomic E-state index is 12.7. The molecule has 1 unspecified atom stereocenters. The molecular weight excluding hydrogens is 416 g/mol. The lowest BCUT2D eigenvalue weighted by Gasteiger charge is -2.31. The Morgan fingerprint density at radius 2 is 1.93 bits per heavy atom. The molecule has 29 heavy (non-hydrogen) atoms. The van der Waals surface area contributed by atoms with Gasteiger partial charge in [0.05, 0.1) is 23.6 Å². The first-order chi connectivity index (χ1) is 13.8. The Morgan fingerprint density at radius 3 is 2.55 bits per heavy atom. The molecule has 5 N–H and O–H groups in total. The Bertz CT molecular complexity index is 963. The quantitative estimate of drug-likeness (QED) is 0.588. The maximum Gasteiger partial charge on any atom is 0.318 e. The van der Waals surface area contributed by atoms with Crippen LogP contribution in [0.4, 0.5) is 4.79 Å². The molecule has 0 saturated carbocycles. The van der Waals surface area contributed by atoms with Gasteiger partial charge < -0.3 is 20.5 Å². The van der Waals surface area contributed by atoms with Crippen molar-refractivity contribution in [3.8, 4) is 11.1 Å². The number of aromatic nitrogens is 1. The second-order valence-electron chi connectivity index (χ2n) is 7.40. The third-order valence-corrected chi connectivity index (χ3v) is 7.65. The second-order valence-corrected chi connectivity index (χ2v) is 10.1. The number of benzene rings is 1. The maximum absolute atomic E-state index is 12.7. The first-order valence-electron chi connectivity index (χ1n) is 9.32. The van der Waals surface area contributed by atoms with E-state index in [0.717, 1.165) is 5.56 Å². The highest BCUT2D eigenvalue weighted by Gasteiger charge is 2.34. The molecule has 0 aliphatic carbocycles. The van der Waals surface area contributed by atoms with Crippen molar-refractivity contribution in [2.75, 3.05) is 18.1 Å². The number of amides is 3. The minimum Gasteiger partial charge on any atom is -0.366 e.